The molecule has 0 saturated carbocycles. The smallest absolute Gasteiger partial charge is 0.332 e. The number of thiophene rings is 1. The highest BCUT2D eigenvalue weighted by molar-refractivity contribution is 7.17. The van der Waals surface area contributed by atoms with E-state index in [0.29, 0.717) is 34.7 Å². The minimum absolute atomic E-state index is 0.163. The second-order valence-electron chi connectivity index (χ2n) is 6.43. The molecule has 1 N–H and O–H groups in total. The summed E-state index contributed by atoms with van der Waals surface area (Å²) in [6, 6.07) is 7.07. The van der Waals surface area contributed by atoms with Crippen molar-refractivity contribution in [3.63, 3.8) is 0 Å². The van der Waals surface area contributed by atoms with Gasteiger partial charge in [0.15, 0.2) is 11.5 Å². The van der Waals surface area contributed by atoms with Gasteiger partial charge in [-0.15, -0.1) is 11.3 Å². The molecule has 1 aromatic carbocycles. The standard InChI is InChI=1S/C20H23N3O5S/c1-4-8-22-19(25)18-14(7-9-29-18)23(20(22)26)12-17(24)21-11-13-5-6-15(27-2)16(10-13)28-3/h5-7,9-10H,4,8,11-12H2,1-3H3,(H,21,24). The van der Waals surface area contributed by atoms with Crippen LogP contribution in [-0.2, 0) is 24.4 Å². The lowest BCUT2D eigenvalue weighted by atomic mass is 10.2. The van der Waals surface area contributed by atoms with Crippen LogP contribution in [0.1, 0.15) is 18.9 Å². The molecule has 9 heteroatoms. The summed E-state index contributed by atoms with van der Waals surface area (Å²) in [4.78, 5) is 37.8. The van der Waals surface area contributed by atoms with E-state index in [4.69, 9.17) is 9.47 Å². The SMILES string of the molecule is CCCn1c(=O)c2sccc2n(CC(=O)NCc2ccc(OC)c(OC)c2)c1=O. The van der Waals surface area contributed by atoms with E-state index >= 15 is 0 Å². The Kier molecular flexibility index (Phi) is 6.38. The molecule has 0 spiro atoms. The van der Waals surface area contributed by atoms with E-state index < -0.39 is 5.69 Å². The molecule has 0 atom stereocenters. The van der Waals surface area contributed by atoms with Gasteiger partial charge in [0, 0.05) is 13.1 Å². The van der Waals surface area contributed by atoms with Crippen molar-refractivity contribution in [3.05, 3.63) is 56.0 Å². The monoisotopic (exact) mass is 417 g/mol. The Bertz CT molecular complexity index is 1150. The van der Waals surface area contributed by atoms with Gasteiger partial charge in [0.1, 0.15) is 11.2 Å². The second-order valence-corrected chi connectivity index (χ2v) is 7.34. The molecule has 2 heterocycles. The van der Waals surface area contributed by atoms with Crippen molar-refractivity contribution in [1.29, 1.82) is 0 Å². The van der Waals surface area contributed by atoms with Gasteiger partial charge in [0.05, 0.1) is 19.7 Å². The van der Waals surface area contributed by atoms with Crippen LogP contribution in [0.15, 0.2) is 39.2 Å². The van der Waals surface area contributed by atoms with Crippen LogP contribution in [0.2, 0.25) is 0 Å². The Morgan fingerprint density at radius 2 is 1.86 bits per heavy atom. The molecule has 0 saturated heterocycles. The zero-order valence-corrected chi connectivity index (χ0v) is 17.4. The summed E-state index contributed by atoms with van der Waals surface area (Å²) in [5.41, 5.74) is 0.548. The van der Waals surface area contributed by atoms with Gasteiger partial charge in [-0.25, -0.2) is 4.79 Å². The number of fused-ring (bicyclic) bond motifs is 1. The lowest BCUT2D eigenvalue weighted by Crippen LogP contribution is -2.42. The third-order valence-corrected chi connectivity index (χ3v) is 5.41. The number of hydrogen-bond donors (Lipinski definition) is 1. The molecule has 2 aromatic heterocycles. The number of benzene rings is 1. The predicted octanol–water partition coefficient (Wildman–Crippen LogP) is 1.97. The largest absolute Gasteiger partial charge is 0.493 e. The van der Waals surface area contributed by atoms with E-state index in [-0.39, 0.29) is 24.6 Å². The van der Waals surface area contributed by atoms with Crippen molar-refractivity contribution < 1.29 is 14.3 Å². The van der Waals surface area contributed by atoms with E-state index in [1.807, 2.05) is 13.0 Å². The quantitative estimate of drug-likeness (QED) is 0.605. The highest BCUT2D eigenvalue weighted by Gasteiger charge is 2.16. The maximum atomic E-state index is 12.8. The Balaban J connectivity index is 1.81. The lowest BCUT2D eigenvalue weighted by molar-refractivity contribution is -0.121. The number of hydrogen-bond acceptors (Lipinski definition) is 6. The molecular weight excluding hydrogens is 394 g/mol. The van der Waals surface area contributed by atoms with Crippen molar-refractivity contribution >= 4 is 27.5 Å². The van der Waals surface area contributed by atoms with Crippen LogP contribution >= 0.6 is 11.3 Å². The molecule has 0 unspecified atom stereocenters. The van der Waals surface area contributed by atoms with Gasteiger partial charge in [-0.05, 0) is 35.6 Å². The van der Waals surface area contributed by atoms with Gasteiger partial charge in [0.25, 0.3) is 5.56 Å². The highest BCUT2D eigenvalue weighted by atomic mass is 32.1. The number of carbonyl (C=O) groups is 1. The molecule has 0 fully saturated rings. The summed E-state index contributed by atoms with van der Waals surface area (Å²) in [5.74, 6) is 0.852. The number of ether oxygens (including phenoxy) is 2. The first kappa shape index (κ1) is 20.7. The van der Waals surface area contributed by atoms with Crippen LogP contribution in [0.5, 0.6) is 11.5 Å². The normalized spacial score (nSPS) is 10.9. The van der Waals surface area contributed by atoms with E-state index in [0.717, 1.165) is 5.56 Å². The van der Waals surface area contributed by atoms with Gasteiger partial charge in [0.2, 0.25) is 5.91 Å². The summed E-state index contributed by atoms with van der Waals surface area (Å²) >= 11 is 1.27. The molecule has 0 aliphatic rings. The van der Waals surface area contributed by atoms with Gasteiger partial charge < -0.3 is 14.8 Å². The van der Waals surface area contributed by atoms with Gasteiger partial charge in [-0.1, -0.05) is 13.0 Å². The molecule has 3 rings (SSSR count). The molecule has 154 valence electrons. The van der Waals surface area contributed by atoms with Crippen LogP contribution < -0.4 is 26.0 Å². The van der Waals surface area contributed by atoms with Crippen molar-refractivity contribution in [1.82, 2.24) is 14.5 Å². The summed E-state index contributed by atoms with van der Waals surface area (Å²) in [7, 11) is 3.10. The van der Waals surface area contributed by atoms with Crippen molar-refractivity contribution in [3.8, 4) is 11.5 Å². The number of aromatic nitrogens is 2. The van der Waals surface area contributed by atoms with Crippen LogP contribution in [0.3, 0.4) is 0 Å². The molecule has 0 bridgehead atoms. The van der Waals surface area contributed by atoms with E-state index in [9.17, 15) is 14.4 Å². The fraction of sp³-hybridized carbons (Fsp3) is 0.350. The molecule has 0 radical (unpaired) electrons. The van der Waals surface area contributed by atoms with E-state index in [2.05, 4.69) is 5.32 Å². The molecular formula is C20H23N3O5S. The summed E-state index contributed by atoms with van der Waals surface area (Å²) in [6.45, 7) is 2.32. The van der Waals surface area contributed by atoms with Gasteiger partial charge in [-0.3, -0.25) is 18.7 Å². The predicted molar refractivity (Wildman–Crippen MR) is 112 cm³/mol. The molecule has 1 amide bonds. The third kappa shape index (κ3) is 4.19. The van der Waals surface area contributed by atoms with Crippen molar-refractivity contribution in [2.45, 2.75) is 33.0 Å². The summed E-state index contributed by atoms with van der Waals surface area (Å²) in [6.07, 6.45) is 0.650. The Morgan fingerprint density at radius 1 is 1.10 bits per heavy atom. The molecule has 0 aliphatic heterocycles. The second kappa shape index (κ2) is 8.95. The highest BCUT2D eigenvalue weighted by Crippen LogP contribution is 2.27. The average Bonchev–Trinajstić information content (AvgIpc) is 3.22. The number of rotatable bonds is 8. The number of nitrogens with one attached hydrogen (secondary N) is 1. The Labute approximate surface area is 171 Å². The Morgan fingerprint density at radius 3 is 2.55 bits per heavy atom. The maximum absolute atomic E-state index is 12.8. The van der Waals surface area contributed by atoms with E-state index in [1.54, 1.807) is 37.8 Å². The average molecular weight is 417 g/mol. The van der Waals surface area contributed by atoms with Crippen molar-refractivity contribution in [2.75, 3.05) is 14.2 Å². The molecule has 3 aromatic rings. The number of carbonyl (C=O) groups excluding carboxylic acids is 1. The van der Waals surface area contributed by atoms with Gasteiger partial charge in [-0.2, -0.15) is 0 Å². The molecule has 8 nitrogen and oxygen atoms in total. The van der Waals surface area contributed by atoms with Crippen LogP contribution in [0, 0.1) is 0 Å². The zero-order valence-electron chi connectivity index (χ0n) is 16.6. The third-order valence-electron chi connectivity index (χ3n) is 4.52. The van der Waals surface area contributed by atoms with E-state index in [1.165, 1.54) is 20.5 Å². The van der Waals surface area contributed by atoms with Crippen LogP contribution in [0.4, 0.5) is 0 Å². The first-order chi connectivity index (χ1) is 14.0. The Hall–Kier alpha value is -3.07. The van der Waals surface area contributed by atoms with Crippen LogP contribution in [0.25, 0.3) is 10.2 Å². The van der Waals surface area contributed by atoms with Gasteiger partial charge >= 0.3 is 5.69 Å². The first-order valence-electron chi connectivity index (χ1n) is 9.18. The van der Waals surface area contributed by atoms with Crippen molar-refractivity contribution in [2.24, 2.45) is 0 Å². The number of nitrogens with zero attached hydrogens (tertiary/aromatic N) is 2. The summed E-state index contributed by atoms with van der Waals surface area (Å²) in [5, 5.41) is 4.56. The fourth-order valence-corrected chi connectivity index (χ4v) is 3.94. The first-order valence-corrected chi connectivity index (χ1v) is 10.1. The number of methoxy groups -OCH3 is 2. The minimum atomic E-state index is -0.469. The maximum Gasteiger partial charge on any atom is 0.332 e. The van der Waals surface area contributed by atoms with Crippen LogP contribution in [-0.4, -0.2) is 29.3 Å². The topological polar surface area (TPSA) is 91.6 Å². The fourth-order valence-electron chi connectivity index (χ4n) is 3.10. The number of amides is 1. The molecule has 29 heavy (non-hydrogen) atoms. The summed E-state index contributed by atoms with van der Waals surface area (Å²) < 4.78 is 13.5. The minimum Gasteiger partial charge on any atom is -0.493 e. The lowest BCUT2D eigenvalue weighted by Gasteiger charge is -2.13. The zero-order chi connectivity index (χ0) is 21.0. The molecule has 0 aliphatic carbocycles.